The summed E-state index contributed by atoms with van der Waals surface area (Å²) in [6.07, 6.45) is 4.15. The van der Waals surface area contributed by atoms with E-state index in [-0.39, 0.29) is 0 Å². The molecule has 0 saturated heterocycles. The second-order valence-electron chi connectivity index (χ2n) is 3.94. The van der Waals surface area contributed by atoms with Gasteiger partial charge in [-0.15, -0.1) is 11.8 Å². The van der Waals surface area contributed by atoms with Crippen LogP contribution in [0, 0.1) is 0 Å². The SMILES string of the molecule is CNCc1cn(C)nc1-c1ccc(SC)cc1. The molecule has 0 aliphatic rings. The molecular formula is C13H17N3S. The predicted octanol–water partition coefficient (Wildman–Crippen LogP) is 2.53. The number of hydrogen-bond acceptors (Lipinski definition) is 3. The van der Waals surface area contributed by atoms with E-state index >= 15 is 0 Å². The number of aryl methyl sites for hydroxylation is 1. The van der Waals surface area contributed by atoms with Crippen molar-refractivity contribution in [1.82, 2.24) is 15.1 Å². The summed E-state index contributed by atoms with van der Waals surface area (Å²) in [6.45, 7) is 0.841. The van der Waals surface area contributed by atoms with Crippen LogP contribution in [0.2, 0.25) is 0 Å². The molecule has 1 aromatic heterocycles. The molecule has 3 nitrogen and oxygen atoms in total. The minimum absolute atomic E-state index is 0.841. The molecule has 0 radical (unpaired) electrons. The van der Waals surface area contributed by atoms with Gasteiger partial charge in [-0.05, 0) is 25.4 Å². The Hall–Kier alpha value is -1.26. The Bertz CT molecular complexity index is 488. The van der Waals surface area contributed by atoms with Crippen molar-refractivity contribution in [2.75, 3.05) is 13.3 Å². The Morgan fingerprint density at radius 1 is 1.29 bits per heavy atom. The summed E-state index contributed by atoms with van der Waals surface area (Å²) in [6, 6.07) is 8.54. The van der Waals surface area contributed by atoms with Crippen molar-refractivity contribution in [2.24, 2.45) is 7.05 Å². The van der Waals surface area contributed by atoms with Gasteiger partial charge in [-0.3, -0.25) is 4.68 Å². The van der Waals surface area contributed by atoms with E-state index in [4.69, 9.17) is 0 Å². The number of nitrogens with zero attached hydrogens (tertiary/aromatic N) is 2. The molecule has 1 N–H and O–H groups in total. The van der Waals surface area contributed by atoms with Crippen LogP contribution in [0.15, 0.2) is 35.4 Å². The Balaban J connectivity index is 2.37. The largest absolute Gasteiger partial charge is 0.316 e. The predicted molar refractivity (Wildman–Crippen MR) is 73.2 cm³/mol. The van der Waals surface area contributed by atoms with Crippen LogP contribution < -0.4 is 5.32 Å². The summed E-state index contributed by atoms with van der Waals surface area (Å²) in [5.41, 5.74) is 3.47. The summed E-state index contributed by atoms with van der Waals surface area (Å²) in [7, 11) is 3.91. The summed E-state index contributed by atoms with van der Waals surface area (Å²) in [4.78, 5) is 1.28. The fourth-order valence-electron chi connectivity index (χ4n) is 1.85. The first kappa shape index (κ1) is 12.2. The highest BCUT2D eigenvalue weighted by molar-refractivity contribution is 7.98. The summed E-state index contributed by atoms with van der Waals surface area (Å²) in [5.74, 6) is 0. The van der Waals surface area contributed by atoms with Crippen LogP contribution in [0.4, 0.5) is 0 Å². The molecule has 2 aromatic rings. The summed E-state index contributed by atoms with van der Waals surface area (Å²) < 4.78 is 1.87. The number of thioether (sulfide) groups is 1. The Kier molecular flexibility index (Phi) is 3.86. The maximum absolute atomic E-state index is 4.52. The smallest absolute Gasteiger partial charge is 0.0967 e. The van der Waals surface area contributed by atoms with Crippen molar-refractivity contribution < 1.29 is 0 Å². The molecule has 0 spiro atoms. The zero-order chi connectivity index (χ0) is 12.3. The lowest BCUT2D eigenvalue weighted by atomic mass is 10.1. The van der Waals surface area contributed by atoms with Crippen molar-refractivity contribution in [1.29, 1.82) is 0 Å². The van der Waals surface area contributed by atoms with Crippen molar-refractivity contribution in [3.8, 4) is 11.3 Å². The lowest BCUT2D eigenvalue weighted by Crippen LogP contribution is -2.05. The lowest BCUT2D eigenvalue weighted by molar-refractivity contribution is 0.765. The van der Waals surface area contributed by atoms with Crippen LogP contribution in [-0.4, -0.2) is 23.1 Å². The Morgan fingerprint density at radius 3 is 2.59 bits per heavy atom. The van der Waals surface area contributed by atoms with Crippen molar-refractivity contribution in [3.05, 3.63) is 36.0 Å². The third kappa shape index (κ3) is 2.70. The van der Waals surface area contributed by atoms with Crippen LogP contribution in [0.1, 0.15) is 5.56 Å². The Labute approximate surface area is 106 Å². The van der Waals surface area contributed by atoms with Crippen LogP contribution in [0.5, 0.6) is 0 Å². The third-order valence-electron chi connectivity index (χ3n) is 2.64. The molecule has 1 heterocycles. The second kappa shape index (κ2) is 5.38. The van der Waals surface area contributed by atoms with Crippen LogP contribution in [0.25, 0.3) is 11.3 Å². The molecule has 0 aliphatic heterocycles. The number of aromatic nitrogens is 2. The van der Waals surface area contributed by atoms with Gasteiger partial charge in [0.2, 0.25) is 0 Å². The quantitative estimate of drug-likeness (QED) is 0.842. The molecule has 17 heavy (non-hydrogen) atoms. The maximum Gasteiger partial charge on any atom is 0.0967 e. The fraction of sp³-hybridized carbons (Fsp3) is 0.308. The molecular weight excluding hydrogens is 230 g/mol. The highest BCUT2D eigenvalue weighted by Gasteiger charge is 2.09. The molecule has 4 heteroatoms. The minimum atomic E-state index is 0.841. The van der Waals surface area contributed by atoms with E-state index in [1.54, 1.807) is 11.8 Å². The standard InChI is InChI=1S/C13H17N3S/c1-14-8-11-9-16(2)15-13(11)10-4-6-12(17-3)7-5-10/h4-7,9,14H,8H2,1-3H3. The van der Waals surface area contributed by atoms with Gasteiger partial charge in [-0.25, -0.2) is 0 Å². The van der Waals surface area contributed by atoms with Gasteiger partial charge in [0.1, 0.15) is 0 Å². The van der Waals surface area contributed by atoms with Gasteiger partial charge in [0.25, 0.3) is 0 Å². The summed E-state index contributed by atoms with van der Waals surface area (Å²) in [5, 5.41) is 7.70. The molecule has 1 aromatic carbocycles. The molecule has 0 unspecified atom stereocenters. The van der Waals surface area contributed by atoms with Gasteiger partial charge in [0.05, 0.1) is 5.69 Å². The topological polar surface area (TPSA) is 29.9 Å². The normalized spacial score (nSPS) is 10.8. The maximum atomic E-state index is 4.52. The fourth-order valence-corrected chi connectivity index (χ4v) is 2.26. The average Bonchev–Trinajstić information content (AvgIpc) is 2.71. The highest BCUT2D eigenvalue weighted by atomic mass is 32.2. The third-order valence-corrected chi connectivity index (χ3v) is 3.38. The first-order valence-electron chi connectivity index (χ1n) is 5.56. The summed E-state index contributed by atoms with van der Waals surface area (Å²) >= 11 is 1.75. The van der Waals surface area contributed by atoms with E-state index in [0.717, 1.165) is 12.2 Å². The molecule has 90 valence electrons. The van der Waals surface area contributed by atoms with Gasteiger partial charge in [0.15, 0.2) is 0 Å². The van der Waals surface area contributed by atoms with Crippen LogP contribution in [-0.2, 0) is 13.6 Å². The lowest BCUT2D eigenvalue weighted by Gasteiger charge is -2.02. The van der Waals surface area contributed by atoms with Gasteiger partial charge in [-0.2, -0.15) is 5.10 Å². The highest BCUT2D eigenvalue weighted by Crippen LogP contribution is 2.24. The molecule has 0 aliphatic carbocycles. The zero-order valence-corrected chi connectivity index (χ0v) is 11.2. The number of nitrogens with one attached hydrogen (secondary N) is 1. The van der Waals surface area contributed by atoms with E-state index in [2.05, 4.69) is 47.1 Å². The molecule has 0 atom stereocenters. The van der Waals surface area contributed by atoms with E-state index in [9.17, 15) is 0 Å². The van der Waals surface area contributed by atoms with Gasteiger partial charge in [-0.1, -0.05) is 12.1 Å². The first-order chi connectivity index (χ1) is 8.24. The second-order valence-corrected chi connectivity index (χ2v) is 4.82. The first-order valence-corrected chi connectivity index (χ1v) is 6.78. The van der Waals surface area contributed by atoms with E-state index in [0.29, 0.717) is 0 Å². The van der Waals surface area contributed by atoms with Gasteiger partial charge < -0.3 is 5.32 Å². The van der Waals surface area contributed by atoms with Crippen molar-refractivity contribution >= 4 is 11.8 Å². The molecule has 0 saturated carbocycles. The average molecular weight is 247 g/mol. The monoisotopic (exact) mass is 247 g/mol. The molecule has 2 rings (SSSR count). The molecule has 0 bridgehead atoms. The number of benzene rings is 1. The van der Waals surface area contributed by atoms with E-state index in [1.807, 2.05) is 18.8 Å². The van der Waals surface area contributed by atoms with Crippen molar-refractivity contribution in [3.63, 3.8) is 0 Å². The molecule has 0 fully saturated rings. The van der Waals surface area contributed by atoms with Crippen molar-refractivity contribution in [2.45, 2.75) is 11.4 Å². The van der Waals surface area contributed by atoms with Crippen LogP contribution in [0.3, 0.4) is 0 Å². The van der Waals surface area contributed by atoms with Crippen LogP contribution >= 0.6 is 11.8 Å². The van der Waals surface area contributed by atoms with E-state index < -0.39 is 0 Å². The molecule has 0 amide bonds. The van der Waals surface area contributed by atoms with Gasteiger partial charge in [0, 0.05) is 35.8 Å². The van der Waals surface area contributed by atoms with E-state index in [1.165, 1.54) is 16.0 Å². The zero-order valence-electron chi connectivity index (χ0n) is 10.4. The van der Waals surface area contributed by atoms with Gasteiger partial charge >= 0.3 is 0 Å². The number of rotatable bonds is 4. The Morgan fingerprint density at radius 2 is 2.00 bits per heavy atom. The minimum Gasteiger partial charge on any atom is -0.316 e. The number of hydrogen-bond donors (Lipinski definition) is 1.